The Bertz CT molecular complexity index is 796. The summed E-state index contributed by atoms with van der Waals surface area (Å²) in [6.07, 6.45) is 2.57. The molecule has 4 rings (SSSR count). The second kappa shape index (κ2) is 7.73. The van der Waals surface area contributed by atoms with Gasteiger partial charge in [-0.3, -0.25) is 9.59 Å². The lowest BCUT2D eigenvalue weighted by molar-refractivity contribution is -0.126. The third kappa shape index (κ3) is 3.92. The number of piperidine rings is 1. The molecule has 2 aliphatic heterocycles. The number of para-hydroxylation sites is 2. The predicted molar refractivity (Wildman–Crippen MR) is 96.7 cm³/mol. The van der Waals surface area contributed by atoms with Gasteiger partial charge in [0.25, 0.3) is 5.91 Å². The normalized spacial score (nSPS) is 19.6. The van der Waals surface area contributed by atoms with E-state index in [1.807, 2.05) is 24.3 Å². The van der Waals surface area contributed by atoms with Crippen LogP contribution in [0, 0.1) is 5.92 Å². The Labute approximate surface area is 157 Å². The zero-order chi connectivity index (χ0) is 18.6. The summed E-state index contributed by atoms with van der Waals surface area (Å²) >= 11 is 0. The molecule has 7 heteroatoms. The third-order valence-electron chi connectivity index (χ3n) is 4.96. The van der Waals surface area contributed by atoms with E-state index < -0.39 is 0 Å². The number of carbonyl (C=O) groups is 2. The van der Waals surface area contributed by atoms with E-state index in [1.54, 1.807) is 17.0 Å². The number of furan rings is 1. The van der Waals surface area contributed by atoms with E-state index in [4.69, 9.17) is 13.9 Å². The Morgan fingerprint density at radius 2 is 1.85 bits per heavy atom. The summed E-state index contributed by atoms with van der Waals surface area (Å²) in [7, 11) is 0. The van der Waals surface area contributed by atoms with Gasteiger partial charge >= 0.3 is 0 Å². The van der Waals surface area contributed by atoms with Crippen LogP contribution in [0.4, 0.5) is 0 Å². The van der Waals surface area contributed by atoms with Crippen molar-refractivity contribution in [3.63, 3.8) is 0 Å². The average Bonchev–Trinajstić information content (AvgIpc) is 3.26. The van der Waals surface area contributed by atoms with Crippen LogP contribution in [0.5, 0.6) is 11.5 Å². The van der Waals surface area contributed by atoms with Crippen molar-refractivity contribution in [2.24, 2.45) is 5.92 Å². The molecular weight excluding hydrogens is 348 g/mol. The second-order valence-corrected chi connectivity index (χ2v) is 6.79. The van der Waals surface area contributed by atoms with Gasteiger partial charge in [-0.25, -0.2) is 0 Å². The van der Waals surface area contributed by atoms with E-state index in [2.05, 4.69) is 5.32 Å². The lowest BCUT2D eigenvalue weighted by atomic mass is 9.95. The molecule has 2 aromatic rings. The van der Waals surface area contributed by atoms with Crippen LogP contribution >= 0.6 is 0 Å². The molecule has 0 radical (unpaired) electrons. The smallest absolute Gasteiger partial charge is 0.289 e. The first-order chi connectivity index (χ1) is 13.2. The number of benzene rings is 1. The number of ether oxygens (including phenoxy) is 2. The van der Waals surface area contributed by atoms with E-state index in [1.165, 1.54) is 6.26 Å². The minimum Gasteiger partial charge on any atom is -0.486 e. The molecular formula is C20H22N2O5. The molecule has 2 aliphatic rings. The number of hydrogen-bond acceptors (Lipinski definition) is 5. The maximum absolute atomic E-state index is 12.5. The SMILES string of the molecule is O=C(NC[C@H]1COc2ccccc2O1)C1CCN(C(=O)c2ccco2)CC1. The van der Waals surface area contributed by atoms with E-state index in [9.17, 15) is 9.59 Å². The molecule has 1 saturated heterocycles. The molecule has 0 aliphatic carbocycles. The molecule has 1 aromatic heterocycles. The maximum Gasteiger partial charge on any atom is 0.289 e. The summed E-state index contributed by atoms with van der Waals surface area (Å²) in [5, 5.41) is 2.96. The maximum atomic E-state index is 12.5. The van der Waals surface area contributed by atoms with Crippen LogP contribution in [0.2, 0.25) is 0 Å². The molecule has 0 spiro atoms. The van der Waals surface area contributed by atoms with Gasteiger partial charge in [0, 0.05) is 19.0 Å². The summed E-state index contributed by atoms with van der Waals surface area (Å²) in [6.45, 7) is 1.91. The zero-order valence-electron chi connectivity index (χ0n) is 14.9. The Morgan fingerprint density at radius 1 is 1.07 bits per heavy atom. The van der Waals surface area contributed by atoms with Gasteiger partial charge in [-0.1, -0.05) is 12.1 Å². The van der Waals surface area contributed by atoms with Gasteiger partial charge in [-0.2, -0.15) is 0 Å². The first kappa shape index (κ1) is 17.5. The molecule has 1 aromatic carbocycles. The van der Waals surface area contributed by atoms with Crippen LogP contribution < -0.4 is 14.8 Å². The highest BCUT2D eigenvalue weighted by Crippen LogP contribution is 2.30. The first-order valence-electron chi connectivity index (χ1n) is 9.19. The topological polar surface area (TPSA) is 81.0 Å². The molecule has 1 atom stereocenters. The highest BCUT2D eigenvalue weighted by molar-refractivity contribution is 5.91. The Balaban J connectivity index is 1.23. The predicted octanol–water partition coefficient (Wildman–Crippen LogP) is 2.09. The fourth-order valence-corrected chi connectivity index (χ4v) is 3.42. The Morgan fingerprint density at radius 3 is 2.59 bits per heavy atom. The van der Waals surface area contributed by atoms with Crippen molar-refractivity contribution in [3.8, 4) is 11.5 Å². The lowest BCUT2D eigenvalue weighted by Crippen LogP contribution is -2.46. The van der Waals surface area contributed by atoms with Gasteiger partial charge in [-0.15, -0.1) is 0 Å². The molecule has 0 saturated carbocycles. The van der Waals surface area contributed by atoms with Gasteiger partial charge in [0.15, 0.2) is 17.3 Å². The van der Waals surface area contributed by atoms with Crippen LogP contribution in [0.25, 0.3) is 0 Å². The number of fused-ring (bicyclic) bond motifs is 1. The number of likely N-dealkylation sites (tertiary alicyclic amines) is 1. The largest absolute Gasteiger partial charge is 0.486 e. The summed E-state index contributed by atoms with van der Waals surface area (Å²) in [5.41, 5.74) is 0. The van der Waals surface area contributed by atoms with Gasteiger partial charge in [0.2, 0.25) is 5.91 Å². The summed E-state index contributed by atoms with van der Waals surface area (Å²) < 4.78 is 16.7. The number of hydrogen-bond donors (Lipinski definition) is 1. The highest BCUT2D eigenvalue weighted by Gasteiger charge is 2.29. The number of carbonyl (C=O) groups excluding carboxylic acids is 2. The first-order valence-corrected chi connectivity index (χ1v) is 9.19. The van der Waals surface area contributed by atoms with Crippen molar-refractivity contribution in [2.75, 3.05) is 26.2 Å². The van der Waals surface area contributed by atoms with Crippen molar-refractivity contribution in [1.82, 2.24) is 10.2 Å². The lowest BCUT2D eigenvalue weighted by Gasteiger charge is -2.31. The van der Waals surface area contributed by atoms with Crippen LogP contribution in [-0.2, 0) is 4.79 Å². The summed E-state index contributed by atoms with van der Waals surface area (Å²) in [6, 6.07) is 10.9. The average molecular weight is 370 g/mol. The number of nitrogens with zero attached hydrogens (tertiary/aromatic N) is 1. The third-order valence-corrected chi connectivity index (χ3v) is 4.96. The van der Waals surface area contributed by atoms with E-state index in [-0.39, 0.29) is 23.8 Å². The molecule has 2 amide bonds. The van der Waals surface area contributed by atoms with E-state index in [0.29, 0.717) is 50.6 Å². The van der Waals surface area contributed by atoms with Crippen LogP contribution in [0.1, 0.15) is 23.4 Å². The van der Waals surface area contributed by atoms with Crippen molar-refractivity contribution in [2.45, 2.75) is 18.9 Å². The van der Waals surface area contributed by atoms with Gasteiger partial charge in [0.05, 0.1) is 12.8 Å². The summed E-state index contributed by atoms with van der Waals surface area (Å²) in [4.78, 5) is 26.5. The van der Waals surface area contributed by atoms with Crippen molar-refractivity contribution >= 4 is 11.8 Å². The van der Waals surface area contributed by atoms with E-state index in [0.717, 1.165) is 5.75 Å². The molecule has 27 heavy (non-hydrogen) atoms. The van der Waals surface area contributed by atoms with Gasteiger partial charge in [0.1, 0.15) is 12.7 Å². The van der Waals surface area contributed by atoms with Gasteiger partial charge < -0.3 is 24.1 Å². The Kier molecular flexibility index (Phi) is 5.00. The highest BCUT2D eigenvalue weighted by atomic mass is 16.6. The zero-order valence-corrected chi connectivity index (χ0v) is 14.9. The van der Waals surface area contributed by atoms with Crippen LogP contribution in [0.3, 0.4) is 0 Å². The van der Waals surface area contributed by atoms with Gasteiger partial charge in [-0.05, 0) is 37.1 Å². The van der Waals surface area contributed by atoms with Crippen molar-refractivity contribution in [3.05, 3.63) is 48.4 Å². The minimum absolute atomic E-state index is 0.00237. The minimum atomic E-state index is -0.204. The van der Waals surface area contributed by atoms with Crippen molar-refractivity contribution < 1.29 is 23.5 Å². The standard InChI is InChI=1S/C20H22N2O5/c23-19(21-12-15-13-26-16-4-1-2-5-17(16)27-15)14-7-9-22(10-8-14)20(24)18-6-3-11-25-18/h1-6,11,14-15H,7-10,12-13H2,(H,21,23)/t15-/m0/s1. The number of amides is 2. The fraction of sp³-hybridized carbons (Fsp3) is 0.400. The molecule has 0 bridgehead atoms. The fourth-order valence-electron chi connectivity index (χ4n) is 3.42. The molecule has 3 heterocycles. The number of nitrogens with one attached hydrogen (secondary N) is 1. The van der Waals surface area contributed by atoms with Crippen molar-refractivity contribution in [1.29, 1.82) is 0 Å². The molecule has 7 nitrogen and oxygen atoms in total. The van der Waals surface area contributed by atoms with Crippen LogP contribution in [-0.4, -0.2) is 49.1 Å². The quantitative estimate of drug-likeness (QED) is 0.891. The number of rotatable bonds is 4. The summed E-state index contributed by atoms with van der Waals surface area (Å²) in [5.74, 6) is 1.56. The van der Waals surface area contributed by atoms with E-state index >= 15 is 0 Å². The molecule has 1 fully saturated rings. The molecule has 1 N–H and O–H groups in total. The van der Waals surface area contributed by atoms with Crippen LogP contribution in [0.15, 0.2) is 47.1 Å². The monoisotopic (exact) mass is 370 g/mol. The molecule has 142 valence electrons. The second-order valence-electron chi connectivity index (χ2n) is 6.79. The molecule has 0 unspecified atom stereocenters. The Hall–Kier alpha value is -2.96.